The first-order valence-electron chi connectivity index (χ1n) is 7.46. The fourth-order valence-electron chi connectivity index (χ4n) is 2.24. The second-order valence-electron chi connectivity index (χ2n) is 5.58. The number of rotatable bonds is 4. The van der Waals surface area contributed by atoms with Crippen LogP contribution in [0.5, 0.6) is 0 Å². The Kier molecular flexibility index (Phi) is 4.57. The van der Waals surface area contributed by atoms with E-state index in [0.29, 0.717) is 23.1 Å². The van der Waals surface area contributed by atoms with Crippen molar-refractivity contribution in [3.8, 4) is 0 Å². The van der Waals surface area contributed by atoms with Crippen LogP contribution in [0.2, 0.25) is 5.02 Å². The molecule has 0 saturated heterocycles. The van der Waals surface area contributed by atoms with E-state index in [1.807, 2.05) is 55.2 Å². The number of aromatic nitrogens is 3. The highest BCUT2D eigenvalue weighted by Gasteiger charge is 2.08. The Balaban J connectivity index is 1.79. The predicted octanol–water partition coefficient (Wildman–Crippen LogP) is 3.72. The van der Waals surface area contributed by atoms with Gasteiger partial charge in [-0.15, -0.1) is 5.11 Å². The molecule has 3 rings (SSSR count). The van der Waals surface area contributed by atoms with Crippen LogP contribution in [0.25, 0.3) is 0 Å². The lowest BCUT2D eigenvalue weighted by Crippen LogP contribution is -2.26. The van der Waals surface area contributed by atoms with Crippen LogP contribution in [-0.4, -0.2) is 9.78 Å². The smallest absolute Gasteiger partial charge is 0.168 e. The molecule has 0 amide bonds. The Morgan fingerprint density at radius 3 is 2.58 bits per heavy atom. The Labute approximate surface area is 145 Å². The molecule has 0 saturated carbocycles. The van der Waals surface area contributed by atoms with Crippen molar-refractivity contribution in [2.75, 3.05) is 5.73 Å². The van der Waals surface area contributed by atoms with Gasteiger partial charge in [-0.05, 0) is 36.2 Å². The van der Waals surface area contributed by atoms with E-state index in [9.17, 15) is 0 Å². The minimum Gasteiger partial charge on any atom is -0.382 e. The van der Waals surface area contributed by atoms with Gasteiger partial charge < -0.3 is 5.73 Å². The maximum Gasteiger partial charge on any atom is 0.168 e. The molecule has 2 N–H and O–H groups in total. The lowest BCUT2D eigenvalue weighted by atomic mass is 10.2. The van der Waals surface area contributed by atoms with Gasteiger partial charge >= 0.3 is 0 Å². The highest BCUT2D eigenvalue weighted by atomic mass is 35.5. The van der Waals surface area contributed by atoms with Gasteiger partial charge in [-0.25, -0.2) is 9.25 Å². The first kappa shape index (κ1) is 16.1. The quantitative estimate of drug-likeness (QED) is 0.580. The summed E-state index contributed by atoms with van der Waals surface area (Å²) in [6.07, 6.45) is 5.59. The van der Waals surface area contributed by atoms with E-state index < -0.39 is 0 Å². The number of nitrogen functional groups attached to an aromatic ring is 1. The molecule has 0 bridgehead atoms. The molecular formula is C17H18ClN6+. The van der Waals surface area contributed by atoms with Crippen molar-refractivity contribution in [2.24, 2.45) is 17.3 Å². The third-order valence-corrected chi connectivity index (χ3v) is 3.90. The van der Waals surface area contributed by atoms with E-state index in [2.05, 4.69) is 15.3 Å². The van der Waals surface area contributed by atoms with Crippen LogP contribution in [0.3, 0.4) is 0 Å². The van der Waals surface area contributed by atoms with Crippen molar-refractivity contribution in [3.63, 3.8) is 0 Å². The SMILES string of the molecule is Cc1cc(Cl)ccc1N=Nc1cnn(Cc2cc[n+](C)cc2)c1N. The van der Waals surface area contributed by atoms with Gasteiger partial charge in [0.2, 0.25) is 0 Å². The summed E-state index contributed by atoms with van der Waals surface area (Å²) in [5.41, 5.74) is 9.49. The van der Waals surface area contributed by atoms with Crippen molar-refractivity contribution in [2.45, 2.75) is 13.5 Å². The van der Waals surface area contributed by atoms with Gasteiger partial charge in [0.25, 0.3) is 0 Å². The summed E-state index contributed by atoms with van der Waals surface area (Å²) in [5, 5.41) is 13.4. The lowest BCUT2D eigenvalue weighted by Gasteiger charge is -2.03. The third-order valence-electron chi connectivity index (χ3n) is 3.66. The molecule has 6 nitrogen and oxygen atoms in total. The highest BCUT2D eigenvalue weighted by Crippen LogP contribution is 2.27. The Morgan fingerprint density at radius 2 is 1.88 bits per heavy atom. The zero-order valence-electron chi connectivity index (χ0n) is 13.5. The molecule has 122 valence electrons. The van der Waals surface area contributed by atoms with Crippen molar-refractivity contribution in [1.82, 2.24) is 9.78 Å². The van der Waals surface area contributed by atoms with Crippen LogP contribution < -0.4 is 10.3 Å². The summed E-state index contributed by atoms with van der Waals surface area (Å²) < 4.78 is 3.68. The number of hydrogen-bond acceptors (Lipinski definition) is 4. The zero-order valence-corrected chi connectivity index (χ0v) is 14.3. The summed E-state index contributed by atoms with van der Waals surface area (Å²) in [6.45, 7) is 2.52. The van der Waals surface area contributed by atoms with Crippen LogP contribution in [0, 0.1) is 6.92 Å². The van der Waals surface area contributed by atoms with Crippen molar-refractivity contribution < 1.29 is 4.57 Å². The third kappa shape index (κ3) is 3.60. The summed E-state index contributed by atoms with van der Waals surface area (Å²) in [5.74, 6) is 0.485. The molecule has 0 spiro atoms. The van der Waals surface area contributed by atoms with Gasteiger partial charge in [0, 0.05) is 17.2 Å². The molecule has 0 aliphatic rings. The number of halogens is 1. The summed E-state index contributed by atoms with van der Waals surface area (Å²) in [6, 6.07) is 9.51. The van der Waals surface area contributed by atoms with Crippen LogP contribution in [0.15, 0.2) is 59.2 Å². The molecule has 24 heavy (non-hydrogen) atoms. The first-order chi connectivity index (χ1) is 11.5. The largest absolute Gasteiger partial charge is 0.382 e. The van der Waals surface area contributed by atoms with E-state index in [4.69, 9.17) is 17.3 Å². The number of azo groups is 1. The van der Waals surface area contributed by atoms with E-state index in [1.165, 1.54) is 0 Å². The normalized spacial score (nSPS) is 11.3. The molecule has 2 heterocycles. The van der Waals surface area contributed by atoms with Gasteiger partial charge in [0.15, 0.2) is 12.4 Å². The Bertz CT molecular complexity index is 883. The van der Waals surface area contributed by atoms with Gasteiger partial charge in [-0.1, -0.05) is 11.6 Å². The standard InChI is InChI=1S/C17H18ClN6/c1-12-9-14(18)3-4-15(12)21-22-16-10-20-24(17(16)19)11-13-5-7-23(2)8-6-13/h3-10H,11,19H2,1-2H3/q+1. The fraction of sp³-hybridized carbons (Fsp3) is 0.176. The first-order valence-corrected chi connectivity index (χ1v) is 7.84. The number of pyridine rings is 1. The lowest BCUT2D eigenvalue weighted by molar-refractivity contribution is -0.671. The summed E-state index contributed by atoms with van der Waals surface area (Å²) >= 11 is 5.94. The number of aryl methyl sites for hydroxylation is 2. The average molecular weight is 342 g/mol. The van der Waals surface area contributed by atoms with E-state index in [-0.39, 0.29) is 0 Å². The topological polar surface area (TPSA) is 72.4 Å². The van der Waals surface area contributed by atoms with E-state index in [0.717, 1.165) is 16.8 Å². The van der Waals surface area contributed by atoms with Crippen LogP contribution in [0.4, 0.5) is 17.2 Å². The molecule has 0 fully saturated rings. The Hall–Kier alpha value is -2.73. The molecule has 1 aromatic carbocycles. The second kappa shape index (κ2) is 6.80. The zero-order chi connectivity index (χ0) is 17.1. The molecule has 0 aliphatic carbocycles. The predicted molar refractivity (Wildman–Crippen MR) is 93.7 cm³/mol. The minimum absolute atomic E-state index is 0.485. The number of nitrogens with two attached hydrogens (primary N) is 1. The maximum atomic E-state index is 6.13. The number of benzene rings is 1. The number of hydrogen-bond donors (Lipinski definition) is 1. The minimum atomic E-state index is 0.485. The fourth-order valence-corrected chi connectivity index (χ4v) is 2.46. The van der Waals surface area contributed by atoms with Crippen molar-refractivity contribution in [3.05, 3.63) is 65.1 Å². The van der Waals surface area contributed by atoms with E-state index >= 15 is 0 Å². The molecule has 2 aromatic heterocycles. The average Bonchev–Trinajstić information content (AvgIpc) is 2.89. The molecule has 0 aliphatic heterocycles. The maximum absolute atomic E-state index is 6.13. The second-order valence-corrected chi connectivity index (χ2v) is 6.01. The summed E-state index contributed by atoms with van der Waals surface area (Å²) in [7, 11) is 1.98. The molecule has 0 unspecified atom stereocenters. The van der Waals surface area contributed by atoms with Crippen LogP contribution >= 0.6 is 11.6 Å². The molecule has 0 radical (unpaired) electrons. The van der Waals surface area contributed by atoms with Gasteiger partial charge in [0.05, 0.1) is 18.4 Å². The number of anilines is 1. The van der Waals surface area contributed by atoms with Crippen LogP contribution in [0.1, 0.15) is 11.1 Å². The van der Waals surface area contributed by atoms with Gasteiger partial charge in [0.1, 0.15) is 18.6 Å². The van der Waals surface area contributed by atoms with Gasteiger partial charge in [-0.2, -0.15) is 10.2 Å². The molecule has 0 atom stereocenters. The van der Waals surface area contributed by atoms with Crippen LogP contribution in [-0.2, 0) is 13.6 Å². The monoisotopic (exact) mass is 341 g/mol. The van der Waals surface area contributed by atoms with E-state index in [1.54, 1.807) is 16.9 Å². The molecular weight excluding hydrogens is 324 g/mol. The van der Waals surface area contributed by atoms with Gasteiger partial charge in [-0.3, -0.25) is 0 Å². The van der Waals surface area contributed by atoms with Crippen molar-refractivity contribution in [1.29, 1.82) is 0 Å². The molecule has 7 heteroatoms. The molecule has 3 aromatic rings. The number of nitrogens with zero attached hydrogens (tertiary/aromatic N) is 5. The van der Waals surface area contributed by atoms with Crippen molar-refractivity contribution >= 4 is 28.8 Å². The Morgan fingerprint density at radius 1 is 1.17 bits per heavy atom. The highest BCUT2D eigenvalue weighted by molar-refractivity contribution is 6.30. The summed E-state index contributed by atoms with van der Waals surface area (Å²) in [4.78, 5) is 0.